The number of hydrogen-bond donors (Lipinski definition) is 0. The van der Waals surface area contributed by atoms with Crippen LogP contribution in [0.15, 0.2) is 83.3 Å². The molecule has 0 spiro atoms. The van der Waals surface area contributed by atoms with Crippen molar-refractivity contribution in [2.75, 3.05) is 0 Å². The number of hydrogen-bond acceptors (Lipinski definition) is 1. The first-order valence-electron chi connectivity index (χ1n) is 8.69. The number of aryl methyl sites for hydroxylation is 1. The fraction of sp³-hybridized carbons (Fsp3) is 0.130. The van der Waals surface area contributed by atoms with Crippen molar-refractivity contribution in [2.24, 2.45) is 0 Å². The second kappa shape index (κ2) is 7.31. The number of fused-ring (bicyclic) bond motifs is 1. The van der Waals surface area contributed by atoms with E-state index in [4.69, 9.17) is 4.42 Å². The quantitative estimate of drug-likeness (QED) is 0.449. The van der Waals surface area contributed by atoms with Crippen molar-refractivity contribution in [1.29, 1.82) is 0 Å². The van der Waals surface area contributed by atoms with Gasteiger partial charge in [-0.3, -0.25) is 0 Å². The van der Waals surface area contributed by atoms with E-state index in [1.807, 2.05) is 12.1 Å². The Morgan fingerprint density at radius 2 is 1.64 bits per heavy atom. The van der Waals surface area contributed by atoms with Crippen molar-refractivity contribution in [3.05, 3.63) is 84.4 Å². The van der Waals surface area contributed by atoms with E-state index < -0.39 is 0 Å². The minimum atomic E-state index is 0.210. The van der Waals surface area contributed by atoms with Crippen molar-refractivity contribution >= 4 is 34.8 Å². The van der Waals surface area contributed by atoms with Gasteiger partial charge in [0.2, 0.25) is 0 Å². The van der Waals surface area contributed by atoms with E-state index in [0.29, 0.717) is 0 Å². The molecule has 25 heavy (non-hydrogen) atoms. The summed E-state index contributed by atoms with van der Waals surface area (Å²) in [6.45, 7) is 2.23. The van der Waals surface area contributed by atoms with Gasteiger partial charge in [-0.05, 0) is 0 Å². The second-order valence-electron chi connectivity index (χ2n) is 6.12. The molecule has 0 aliphatic carbocycles. The summed E-state index contributed by atoms with van der Waals surface area (Å²) < 4.78 is 8.99. The Hall–Kier alpha value is -2.28. The van der Waals surface area contributed by atoms with Crippen LogP contribution < -0.4 is 8.92 Å². The molecule has 0 saturated carbocycles. The summed E-state index contributed by atoms with van der Waals surface area (Å²) in [5.41, 5.74) is 3.55. The van der Waals surface area contributed by atoms with E-state index in [2.05, 4.69) is 73.7 Å². The molecule has 1 aromatic heterocycles. The Bertz CT molecular complexity index is 985. The normalized spacial score (nSPS) is 11.1. The molecule has 0 atom stereocenters. The topological polar surface area (TPSA) is 13.1 Å². The van der Waals surface area contributed by atoms with Crippen molar-refractivity contribution in [1.82, 2.24) is 0 Å². The van der Waals surface area contributed by atoms with Crippen LogP contribution in [0.5, 0.6) is 0 Å². The minimum absolute atomic E-state index is 0.210. The molecule has 0 aliphatic rings. The van der Waals surface area contributed by atoms with Crippen LogP contribution in [0.4, 0.5) is 0 Å². The molecular weight excluding hydrogens is 371 g/mol. The Labute approximate surface area is 154 Å². The molecule has 0 unspecified atom stereocenters. The molecule has 0 N–H and O–H groups in total. The van der Waals surface area contributed by atoms with Crippen molar-refractivity contribution in [3.63, 3.8) is 0 Å². The third-order valence-corrected chi connectivity index (χ3v) is 6.55. The van der Waals surface area contributed by atoms with E-state index in [9.17, 15) is 0 Å². The summed E-state index contributed by atoms with van der Waals surface area (Å²) in [4.78, 5) is 0. The molecule has 4 aromatic rings. The summed E-state index contributed by atoms with van der Waals surface area (Å²) in [5.74, 6) is 1.02. The Morgan fingerprint density at radius 3 is 2.48 bits per heavy atom. The first kappa shape index (κ1) is 16.2. The zero-order chi connectivity index (χ0) is 17.1. The van der Waals surface area contributed by atoms with Crippen molar-refractivity contribution < 1.29 is 4.42 Å². The fourth-order valence-electron chi connectivity index (χ4n) is 3.07. The molecule has 1 nitrogen and oxygen atoms in total. The third-order valence-electron chi connectivity index (χ3n) is 4.24. The number of benzene rings is 3. The molecular formula is C23H20OSe. The molecule has 0 radical (unpaired) electrons. The zero-order valence-electron chi connectivity index (χ0n) is 14.2. The van der Waals surface area contributed by atoms with Crippen molar-refractivity contribution in [2.45, 2.75) is 19.8 Å². The van der Waals surface area contributed by atoms with E-state index in [1.165, 1.54) is 26.3 Å². The van der Waals surface area contributed by atoms with Crippen LogP contribution in [0.25, 0.3) is 22.3 Å². The molecule has 0 saturated heterocycles. The predicted octanol–water partition coefficient (Wildman–Crippen LogP) is 4.71. The van der Waals surface area contributed by atoms with Crippen LogP contribution >= 0.6 is 0 Å². The molecule has 0 aliphatic heterocycles. The van der Waals surface area contributed by atoms with Crippen LogP contribution in [-0.4, -0.2) is 15.0 Å². The average Bonchev–Trinajstić information content (AvgIpc) is 3.02. The summed E-state index contributed by atoms with van der Waals surface area (Å²) in [6.07, 6.45) is 2.32. The number of rotatable bonds is 5. The average molecular weight is 391 g/mol. The van der Waals surface area contributed by atoms with Crippen LogP contribution in [0.1, 0.15) is 18.9 Å². The van der Waals surface area contributed by atoms with Crippen LogP contribution in [0, 0.1) is 0 Å². The van der Waals surface area contributed by atoms with Crippen LogP contribution in [-0.2, 0) is 6.42 Å². The van der Waals surface area contributed by atoms with Gasteiger partial charge >= 0.3 is 155 Å². The third kappa shape index (κ3) is 3.42. The van der Waals surface area contributed by atoms with Gasteiger partial charge in [0, 0.05) is 0 Å². The molecule has 0 fully saturated rings. The van der Waals surface area contributed by atoms with Gasteiger partial charge in [-0.1, -0.05) is 0 Å². The first-order chi connectivity index (χ1) is 12.3. The van der Waals surface area contributed by atoms with Gasteiger partial charge in [-0.15, -0.1) is 0 Å². The van der Waals surface area contributed by atoms with Gasteiger partial charge in [-0.2, -0.15) is 0 Å². The van der Waals surface area contributed by atoms with E-state index in [1.54, 1.807) is 0 Å². The second-order valence-corrected chi connectivity index (χ2v) is 8.40. The monoisotopic (exact) mass is 392 g/mol. The molecule has 124 valence electrons. The Balaban J connectivity index is 1.81. The maximum absolute atomic E-state index is 6.25. The molecule has 0 bridgehead atoms. The number of furan rings is 1. The van der Waals surface area contributed by atoms with Gasteiger partial charge < -0.3 is 0 Å². The predicted molar refractivity (Wildman–Crippen MR) is 107 cm³/mol. The fourth-order valence-corrected chi connectivity index (χ4v) is 5.43. The summed E-state index contributed by atoms with van der Waals surface area (Å²) in [6, 6.07) is 27.9. The van der Waals surface area contributed by atoms with Gasteiger partial charge in [0.15, 0.2) is 0 Å². The van der Waals surface area contributed by atoms with E-state index in [-0.39, 0.29) is 15.0 Å². The SMILES string of the molecule is CCCc1cccc([Se]c2c(-c3ccccc3)oc3ccccc23)c1. The van der Waals surface area contributed by atoms with Gasteiger partial charge in [-0.25, -0.2) is 0 Å². The Morgan fingerprint density at radius 1 is 0.840 bits per heavy atom. The first-order valence-corrected chi connectivity index (χ1v) is 10.4. The summed E-state index contributed by atoms with van der Waals surface area (Å²) in [7, 11) is 0. The number of para-hydroxylation sites is 1. The van der Waals surface area contributed by atoms with Crippen LogP contribution in [0.2, 0.25) is 0 Å². The molecule has 2 heteroatoms. The molecule has 1 heterocycles. The standard InChI is InChI=1S/C23H20OSe/c1-2-9-17-10-8-13-19(16-17)25-23-20-14-6-7-15-21(20)24-22(23)18-11-4-3-5-12-18/h3-8,10-16H,2,9H2,1H3. The van der Waals surface area contributed by atoms with Gasteiger partial charge in [0.25, 0.3) is 0 Å². The Kier molecular flexibility index (Phi) is 4.74. The van der Waals surface area contributed by atoms with E-state index in [0.717, 1.165) is 23.3 Å². The van der Waals surface area contributed by atoms with E-state index >= 15 is 0 Å². The van der Waals surface area contributed by atoms with Gasteiger partial charge in [0.05, 0.1) is 0 Å². The zero-order valence-corrected chi connectivity index (χ0v) is 15.9. The molecule has 3 aromatic carbocycles. The maximum atomic E-state index is 6.25. The summed E-state index contributed by atoms with van der Waals surface area (Å²) in [5, 5.41) is 1.24. The summed E-state index contributed by atoms with van der Waals surface area (Å²) >= 11 is 0.210. The van der Waals surface area contributed by atoms with Crippen LogP contribution in [0.3, 0.4) is 0 Å². The molecule has 4 rings (SSSR count). The van der Waals surface area contributed by atoms with Crippen molar-refractivity contribution in [3.8, 4) is 11.3 Å². The van der Waals surface area contributed by atoms with Gasteiger partial charge in [0.1, 0.15) is 0 Å². The molecule has 0 amide bonds.